The SMILES string of the molecule is O=C(O)COCCNC(=O)C1(c2ccccc2)CCC1. The smallest absolute Gasteiger partial charge is 0.329 e. The van der Waals surface area contributed by atoms with Crippen LogP contribution in [0.5, 0.6) is 0 Å². The van der Waals surface area contributed by atoms with Crippen LogP contribution in [0.25, 0.3) is 0 Å². The lowest BCUT2D eigenvalue weighted by atomic mass is 9.64. The van der Waals surface area contributed by atoms with E-state index in [1.165, 1.54) is 0 Å². The van der Waals surface area contributed by atoms with Gasteiger partial charge in [0.2, 0.25) is 5.91 Å². The summed E-state index contributed by atoms with van der Waals surface area (Å²) in [5, 5.41) is 11.3. The number of nitrogens with one attached hydrogen (secondary N) is 1. The maximum Gasteiger partial charge on any atom is 0.329 e. The van der Waals surface area contributed by atoms with Gasteiger partial charge >= 0.3 is 5.97 Å². The van der Waals surface area contributed by atoms with Gasteiger partial charge in [-0.05, 0) is 18.4 Å². The number of carboxylic acid groups (broad SMARTS) is 1. The number of aliphatic carboxylic acids is 1. The lowest BCUT2D eigenvalue weighted by molar-refractivity contribution is -0.142. The normalized spacial score (nSPS) is 16.2. The first-order valence-electron chi connectivity index (χ1n) is 6.78. The third-order valence-electron chi connectivity index (χ3n) is 3.73. The number of carboxylic acids is 1. The number of hydrogen-bond donors (Lipinski definition) is 2. The van der Waals surface area contributed by atoms with Gasteiger partial charge in [0.15, 0.2) is 0 Å². The lowest BCUT2D eigenvalue weighted by Gasteiger charge is -2.40. The van der Waals surface area contributed by atoms with Gasteiger partial charge in [-0.2, -0.15) is 0 Å². The lowest BCUT2D eigenvalue weighted by Crippen LogP contribution is -2.49. The Kier molecular flexibility index (Phi) is 4.74. The molecule has 1 saturated carbocycles. The summed E-state index contributed by atoms with van der Waals surface area (Å²) in [5.74, 6) is -0.995. The highest BCUT2D eigenvalue weighted by molar-refractivity contribution is 5.89. The van der Waals surface area contributed by atoms with Gasteiger partial charge in [-0.1, -0.05) is 36.8 Å². The molecule has 1 aromatic rings. The summed E-state index contributed by atoms with van der Waals surface area (Å²) >= 11 is 0. The van der Waals surface area contributed by atoms with Crippen LogP contribution in [0.4, 0.5) is 0 Å². The predicted octanol–water partition coefficient (Wildman–Crippen LogP) is 1.33. The second-order valence-electron chi connectivity index (χ2n) is 5.00. The summed E-state index contributed by atoms with van der Waals surface area (Å²) in [6, 6.07) is 9.80. The fourth-order valence-electron chi connectivity index (χ4n) is 2.50. The van der Waals surface area contributed by atoms with Crippen LogP contribution in [-0.2, 0) is 19.7 Å². The van der Waals surface area contributed by atoms with E-state index in [0.29, 0.717) is 6.54 Å². The Morgan fingerprint density at radius 2 is 1.95 bits per heavy atom. The summed E-state index contributed by atoms with van der Waals surface area (Å²) < 4.78 is 4.90. The van der Waals surface area contributed by atoms with Crippen LogP contribution in [-0.4, -0.2) is 36.7 Å². The molecule has 0 aromatic heterocycles. The van der Waals surface area contributed by atoms with Gasteiger partial charge in [0.05, 0.1) is 12.0 Å². The van der Waals surface area contributed by atoms with E-state index < -0.39 is 11.4 Å². The van der Waals surface area contributed by atoms with Gasteiger partial charge in [0.1, 0.15) is 6.61 Å². The van der Waals surface area contributed by atoms with Crippen molar-refractivity contribution in [3.05, 3.63) is 35.9 Å². The molecule has 0 unspecified atom stereocenters. The third-order valence-corrected chi connectivity index (χ3v) is 3.73. The molecule has 2 N–H and O–H groups in total. The molecule has 5 heteroatoms. The summed E-state index contributed by atoms with van der Waals surface area (Å²) in [5.41, 5.74) is 0.642. The van der Waals surface area contributed by atoms with Crippen molar-refractivity contribution in [3.8, 4) is 0 Å². The van der Waals surface area contributed by atoms with Crippen molar-refractivity contribution < 1.29 is 19.4 Å². The molecule has 108 valence electrons. The maximum absolute atomic E-state index is 12.4. The van der Waals surface area contributed by atoms with Crippen molar-refractivity contribution in [2.45, 2.75) is 24.7 Å². The Balaban J connectivity index is 1.86. The Labute approximate surface area is 117 Å². The first-order chi connectivity index (χ1) is 9.65. The van der Waals surface area contributed by atoms with Crippen LogP contribution in [0.3, 0.4) is 0 Å². The highest BCUT2D eigenvalue weighted by Gasteiger charge is 2.45. The number of hydrogen-bond acceptors (Lipinski definition) is 3. The van der Waals surface area contributed by atoms with Crippen molar-refractivity contribution in [1.82, 2.24) is 5.32 Å². The second-order valence-corrected chi connectivity index (χ2v) is 5.00. The van der Waals surface area contributed by atoms with Crippen LogP contribution < -0.4 is 5.32 Å². The second kappa shape index (κ2) is 6.52. The molecule has 1 aromatic carbocycles. The van der Waals surface area contributed by atoms with Gasteiger partial charge in [-0.3, -0.25) is 4.79 Å². The number of amides is 1. The van der Waals surface area contributed by atoms with Crippen molar-refractivity contribution in [2.75, 3.05) is 19.8 Å². The molecule has 1 amide bonds. The molecule has 1 fully saturated rings. The quantitative estimate of drug-likeness (QED) is 0.737. The molecule has 0 heterocycles. The monoisotopic (exact) mass is 277 g/mol. The van der Waals surface area contributed by atoms with E-state index in [0.717, 1.165) is 24.8 Å². The van der Waals surface area contributed by atoms with Gasteiger partial charge < -0.3 is 15.2 Å². The van der Waals surface area contributed by atoms with Gasteiger partial charge in [-0.25, -0.2) is 4.79 Å². The van der Waals surface area contributed by atoms with E-state index in [1.54, 1.807) is 0 Å². The Bertz CT molecular complexity index is 468. The van der Waals surface area contributed by atoms with E-state index >= 15 is 0 Å². The van der Waals surface area contributed by atoms with Crippen LogP contribution in [0.1, 0.15) is 24.8 Å². The average Bonchev–Trinajstić information content (AvgIpc) is 2.38. The highest BCUT2D eigenvalue weighted by atomic mass is 16.5. The van der Waals surface area contributed by atoms with E-state index in [-0.39, 0.29) is 19.1 Å². The van der Waals surface area contributed by atoms with E-state index in [2.05, 4.69) is 5.32 Å². The minimum Gasteiger partial charge on any atom is -0.480 e. The van der Waals surface area contributed by atoms with E-state index in [1.807, 2.05) is 30.3 Å². The molecule has 0 atom stereocenters. The fraction of sp³-hybridized carbons (Fsp3) is 0.467. The van der Waals surface area contributed by atoms with Crippen LogP contribution in [0.2, 0.25) is 0 Å². The summed E-state index contributed by atoms with van der Waals surface area (Å²) in [4.78, 5) is 22.6. The van der Waals surface area contributed by atoms with Crippen LogP contribution in [0, 0.1) is 0 Å². The molecule has 0 radical (unpaired) electrons. The van der Waals surface area contributed by atoms with Crippen molar-refractivity contribution in [2.24, 2.45) is 0 Å². The topological polar surface area (TPSA) is 75.6 Å². The van der Waals surface area contributed by atoms with Crippen molar-refractivity contribution in [3.63, 3.8) is 0 Å². The molecule has 2 rings (SSSR count). The number of ether oxygens (including phenoxy) is 1. The van der Waals surface area contributed by atoms with Crippen LogP contribution in [0.15, 0.2) is 30.3 Å². The predicted molar refractivity (Wildman–Crippen MR) is 73.4 cm³/mol. The summed E-state index contributed by atoms with van der Waals surface area (Å²) in [6.45, 7) is 0.212. The fourth-order valence-corrected chi connectivity index (χ4v) is 2.50. The minimum atomic E-state index is -1.00. The molecule has 20 heavy (non-hydrogen) atoms. The molecule has 0 spiro atoms. The van der Waals surface area contributed by atoms with E-state index in [9.17, 15) is 9.59 Å². The molecule has 1 aliphatic rings. The highest BCUT2D eigenvalue weighted by Crippen LogP contribution is 2.43. The van der Waals surface area contributed by atoms with Gasteiger partial charge in [0, 0.05) is 6.54 Å². The number of carbonyl (C=O) groups excluding carboxylic acids is 1. The maximum atomic E-state index is 12.4. The average molecular weight is 277 g/mol. The number of rotatable bonds is 7. The zero-order valence-corrected chi connectivity index (χ0v) is 11.3. The van der Waals surface area contributed by atoms with Gasteiger partial charge in [-0.15, -0.1) is 0 Å². The van der Waals surface area contributed by atoms with Crippen molar-refractivity contribution >= 4 is 11.9 Å². The first-order valence-corrected chi connectivity index (χ1v) is 6.78. The largest absolute Gasteiger partial charge is 0.480 e. The van der Waals surface area contributed by atoms with Gasteiger partial charge in [0.25, 0.3) is 0 Å². The standard InChI is InChI=1S/C15H19NO4/c17-13(18)11-20-10-9-16-14(19)15(7-4-8-15)12-5-2-1-3-6-12/h1-3,5-6H,4,7-11H2,(H,16,19)(H,17,18). The summed E-state index contributed by atoms with van der Waals surface area (Å²) in [6.07, 6.45) is 2.77. The Morgan fingerprint density at radius 3 is 2.50 bits per heavy atom. The minimum absolute atomic E-state index is 0.00822. The number of carbonyl (C=O) groups is 2. The van der Waals surface area contributed by atoms with Crippen molar-refractivity contribution in [1.29, 1.82) is 0 Å². The zero-order valence-electron chi connectivity index (χ0n) is 11.3. The molecule has 0 aliphatic heterocycles. The Morgan fingerprint density at radius 1 is 1.25 bits per heavy atom. The molecule has 0 saturated heterocycles. The zero-order chi connectivity index (χ0) is 14.4. The van der Waals surface area contributed by atoms with Crippen LogP contribution >= 0.6 is 0 Å². The third kappa shape index (κ3) is 3.17. The summed E-state index contributed by atoms with van der Waals surface area (Å²) in [7, 11) is 0. The molecule has 1 aliphatic carbocycles. The molecular weight excluding hydrogens is 258 g/mol. The first kappa shape index (κ1) is 14.5. The molecule has 5 nitrogen and oxygen atoms in total. The molecule has 0 bridgehead atoms. The molecular formula is C15H19NO4. The number of benzene rings is 1. The van der Waals surface area contributed by atoms with E-state index in [4.69, 9.17) is 9.84 Å². The Hall–Kier alpha value is -1.88.